The molecule has 1 fully saturated rings. The van der Waals surface area contributed by atoms with E-state index < -0.39 is 25.1 Å². The highest BCUT2D eigenvalue weighted by Gasteiger charge is 2.36. The number of nitrogens with zero attached hydrogens (tertiary/aromatic N) is 1. The first-order valence-corrected chi connectivity index (χ1v) is 11.7. The Morgan fingerprint density at radius 2 is 1.83 bits per heavy atom. The van der Waals surface area contributed by atoms with Crippen LogP contribution in [0.2, 0.25) is 5.02 Å². The van der Waals surface area contributed by atoms with E-state index in [2.05, 4.69) is 0 Å². The van der Waals surface area contributed by atoms with Gasteiger partial charge in [-0.25, -0.2) is 16.8 Å². The van der Waals surface area contributed by atoms with Gasteiger partial charge in [0.2, 0.25) is 10.0 Å². The lowest BCUT2D eigenvalue weighted by Crippen LogP contribution is -2.33. The van der Waals surface area contributed by atoms with Gasteiger partial charge in [-0.15, -0.1) is 11.3 Å². The maximum Gasteiger partial charge on any atom is 0.243 e. The monoisotopic (exact) mass is 405 g/mol. The number of sulfone groups is 1. The largest absolute Gasteiger partial charge is 0.243 e. The molecule has 1 saturated heterocycles. The van der Waals surface area contributed by atoms with E-state index in [-0.39, 0.29) is 30.2 Å². The number of hydrogen-bond acceptors (Lipinski definition) is 5. The quantitative estimate of drug-likeness (QED) is 0.787. The molecule has 1 aliphatic rings. The molecule has 3 rings (SSSR count). The maximum atomic E-state index is 12.7. The summed E-state index contributed by atoms with van der Waals surface area (Å²) in [5.74, 6) is -0.178. The SMILES string of the molecule is O=S1(=O)CCN(S(=O)(=O)c2ccc(Cl)cc2)CCC1c1cccs1. The fraction of sp³-hybridized carbons (Fsp3) is 0.333. The lowest BCUT2D eigenvalue weighted by molar-refractivity contribution is 0.428. The Labute approximate surface area is 150 Å². The molecule has 2 aromatic rings. The fourth-order valence-electron chi connectivity index (χ4n) is 2.71. The Morgan fingerprint density at radius 1 is 1.12 bits per heavy atom. The second kappa shape index (κ2) is 6.76. The molecule has 1 atom stereocenters. The molecule has 0 bridgehead atoms. The zero-order valence-electron chi connectivity index (χ0n) is 12.6. The van der Waals surface area contributed by atoms with Crippen molar-refractivity contribution in [3.63, 3.8) is 0 Å². The van der Waals surface area contributed by atoms with Gasteiger partial charge in [0.1, 0.15) is 0 Å². The van der Waals surface area contributed by atoms with E-state index in [0.29, 0.717) is 5.02 Å². The van der Waals surface area contributed by atoms with Crippen LogP contribution in [0.3, 0.4) is 0 Å². The Balaban J connectivity index is 1.88. The summed E-state index contributed by atoms with van der Waals surface area (Å²) in [4.78, 5) is 0.889. The molecule has 0 radical (unpaired) electrons. The van der Waals surface area contributed by atoms with Crippen LogP contribution < -0.4 is 0 Å². The molecule has 0 amide bonds. The maximum absolute atomic E-state index is 12.7. The fourth-order valence-corrected chi connectivity index (χ4v) is 7.41. The lowest BCUT2D eigenvalue weighted by Gasteiger charge is -2.19. The summed E-state index contributed by atoms with van der Waals surface area (Å²) >= 11 is 7.19. The van der Waals surface area contributed by atoms with Crippen LogP contribution in [0.25, 0.3) is 0 Å². The normalized spacial score (nSPS) is 22.1. The third kappa shape index (κ3) is 3.52. The summed E-state index contributed by atoms with van der Waals surface area (Å²) in [7, 11) is -7.11. The van der Waals surface area contributed by atoms with Crippen molar-refractivity contribution in [2.75, 3.05) is 18.8 Å². The van der Waals surface area contributed by atoms with Crippen molar-refractivity contribution in [2.45, 2.75) is 16.6 Å². The lowest BCUT2D eigenvalue weighted by atomic mass is 10.2. The zero-order chi connectivity index (χ0) is 17.4. The predicted molar refractivity (Wildman–Crippen MR) is 95.7 cm³/mol. The predicted octanol–water partition coefficient (Wildman–Crippen LogP) is 2.95. The second-order valence-electron chi connectivity index (χ2n) is 5.52. The van der Waals surface area contributed by atoms with E-state index in [1.807, 2.05) is 11.4 Å². The van der Waals surface area contributed by atoms with Crippen molar-refractivity contribution in [1.82, 2.24) is 4.31 Å². The summed E-state index contributed by atoms with van der Waals surface area (Å²) in [5.41, 5.74) is 0. The summed E-state index contributed by atoms with van der Waals surface area (Å²) in [6.07, 6.45) is 0.260. The van der Waals surface area contributed by atoms with Crippen LogP contribution in [0.4, 0.5) is 0 Å². The smallest absolute Gasteiger partial charge is 0.228 e. The number of hydrogen-bond donors (Lipinski definition) is 0. The Bertz CT molecular complexity index is 906. The highest BCUT2D eigenvalue weighted by molar-refractivity contribution is 7.92. The van der Waals surface area contributed by atoms with Gasteiger partial charge in [-0.2, -0.15) is 4.31 Å². The second-order valence-corrected chi connectivity index (χ2v) is 11.2. The van der Waals surface area contributed by atoms with Crippen molar-refractivity contribution in [3.05, 3.63) is 51.7 Å². The van der Waals surface area contributed by atoms with Crippen LogP contribution in [0.15, 0.2) is 46.7 Å². The van der Waals surface area contributed by atoms with Gasteiger partial charge in [0.15, 0.2) is 9.84 Å². The molecule has 130 valence electrons. The summed E-state index contributed by atoms with van der Waals surface area (Å²) in [5, 5.41) is 1.64. The van der Waals surface area contributed by atoms with Crippen LogP contribution in [0.1, 0.15) is 16.5 Å². The molecule has 2 heterocycles. The average molecular weight is 406 g/mol. The Kier molecular flexibility index (Phi) is 5.04. The first-order valence-electron chi connectivity index (χ1n) is 7.31. The first kappa shape index (κ1) is 17.9. The van der Waals surface area contributed by atoms with Crippen molar-refractivity contribution in [3.8, 4) is 0 Å². The number of thiophene rings is 1. The van der Waals surface area contributed by atoms with Gasteiger partial charge < -0.3 is 0 Å². The third-order valence-electron chi connectivity index (χ3n) is 4.01. The van der Waals surface area contributed by atoms with E-state index >= 15 is 0 Å². The summed E-state index contributed by atoms with van der Waals surface area (Å²) in [6, 6.07) is 9.50. The molecule has 24 heavy (non-hydrogen) atoms. The van der Waals surface area contributed by atoms with Gasteiger partial charge >= 0.3 is 0 Å². The highest BCUT2D eigenvalue weighted by Crippen LogP contribution is 2.33. The van der Waals surface area contributed by atoms with E-state index in [9.17, 15) is 16.8 Å². The number of sulfonamides is 1. The molecule has 0 N–H and O–H groups in total. The van der Waals surface area contributed by atoms with Gasteiger partial charge in [-0.1, -0.05) is 17.7 Å². The highest BCUT2D eigenvalue weighted by atomic mass is 35.5. The molecule has 1 aromatic carbocycles. The molecule has 0 aliphatic carbocycles. The Hall–Kier alpha value is -0.930. The summed E-state index contributed by atoms with van der Waals surface area (Å²) < 4.78 is 51.8. The van der Waals surface area contributed by atoms with Crippen molar-refractivity contribution >= 4 is 42.8 Å². The minimum absolute atomic E-state index is 0.0326. The molecule has 0 saturated carbocycles. The third-order valence-corrected chi connectivity index (χ3v) is 9.42. The number of halogens is 1. The van der Waals surface area contributed by atoms with E-state index in [0.717, 1.165) is 4.88 Å². The van der Waals surface area contributed by atoms with Gasteiger partial charge in [-0.3, -0.25) is 0 Å². The van der Waals surface area contributed by atoms with Crippen molar-refractivity contribution in [2.24, 2.45) is 0 Å². The molecule has 1 aliphatic heterocycles. The summed E-state index contributed by atoms with van der Waals surface area (Å²) in [6.45, 7) is 0.141. The van der Waals surface area contributed by atoms with Gasteiger partial charge in [0.25, 0.3) is 0 Å². The van der Waals surface area contributed by atoms with E-state index in [1.165, 1.54) is 39.9 Å². The van der Waals surface area contributed by atoms with Gasteiger partial charge in [0, 0.05) is 23.0 Å². The number of rotatable bonds is 3. The zero-order valence-corrected chi connectivity index (χ0v) is 15.8. The minimum Gasteiger partial charge on any atom is -0.228 e. The molecule has 1 aromatic heterocycles. The first-order chi connectivity index (χ1) is 11.3. The Morgan fingerprint density at radius 3 is 2.46 bits per heavy atom. The molecule has 5 nitrogen and oxygen atoms in total. The average Bonchev–Trinajstić information content (AvgIpc) is 2.99. The van der Waals surface area contributed by atoms with Crippen LogP contribution in [-0.4, -0.2) is 40.0 Å². The molecular weight excluding hydrogens is 390 g/mol. The van der Waals surface area contributed by atoms with E-state index in [1.54, 1.807) is 6.07 Å². The van der Waals surface area contributed by atoms with Crippen molar-refractivity contribution < 1.29 is 16.8 Å². The molecule has 9 heteroatoms. The van der Waals surface area contributed by atoms with Crippen molar-refractivity contribution in [1.29, 1.82) is 0 Å². The molecule has 1 unspecified atom stereocenters. The standard InChI is InChI=1S/C15H16ClNO4S3/c16-12-3-5-13(6-4-12)24(20,21)17-8-7-15(14-2-1-10-22-14)23(18,19)11-9-17/h1-6,10,15H,7-9,11H2. The van der Waals surface area contributed by atoms with Crippen LogP contribution >= 0.6 is 22.9 Å². The van der Waals surface area contributed by atoms with Gasteiger partial charge in [0.05, 0.1) is 15.9 Å². The van der Waals surface area contributed by atoms with Crippen LogP contribution in [0.5, 0.6) is 0 Å². The topological polar surface area (TPSA) is 71.5 Å². The van der Waals surface area contributed by atoms with Gasteiger partial charge in [-0.05, 0) is 42.1 Å². The minimum atomic E-state index is -3.73. The molecule has 0 spiro atoms. The number of benzene rings is 1. The van der Waals surface area contributed by atoms with Crippen LogP contribution in [-0.2, 0) is 19.9 Å². The van der Waals surface area contributed by atoms with E-state index in [4.69, 9.17) is 11.6 Å². The van der Waals surface area contributed by atoms with Crippen LogP contribution in [0, 0.1) is 0 Å². The molecular formula is C15H16ClNO4S3.